The third-order valence-corrected chi connectivity index (χ3v) is 2.22. The number of carbonyl (C=O) groups is 1. The van der Waals surface area contributed by atoms with Crippen molar-refractivity contribution in [1.29, 1.82) is 0 Å². The van der Waals surface area contributed by atoms with Crippen molar-refractivity contribution in [2.45, 2.75) is 33.0 Å². The van der Waals surface area contributed by atoms with Crippen LogP contribution >= 0.6 is 0 Å². The van der Waals surface area contributed by atoms with Gasteiger partial charge in [-0.1, -0.05) is 44.2 Å². The molecule has 0 saturated heterocycles. The second kappa shape index (κ2) is 7.98. The lowest BCUT2D eigenvalue weighted by Crippen LogP contribution is -2.28. The quantitative estimate of drug-likeness (QED) is 0.514. The number of ether oxygens (including phenoxy) is 2. The summed E-state index contributed by atoms with van der Waals surface area (Å²) in [5.74, 6) is -0.104. The summed E-state index contributed by atoms with van der Waals surface area (Å²) >= 11 is 0. The second-order valence-electron chi connectivity index (χ2n) is 3.80. The molecule has 0 radical (unpaired) electrons. The molecule has 0 spiro atoms. The zero-order valence-corrected chi connectivity index (χ0v) is 10.5. The third-order valence-electron chi connectivity index (χ3n) is 2.22. The fourth-order valence-corrected chi connectivity index (χ4v) is 1.39. The van der Waals surface area contributed by atoms with Crippen LogP contribution in [0.5, 0.6) is 0 Å². The van der Waals surface area contributed by atoms with E-state index in [1.54, 1.807) is 12.1 Å². The number of carbonyl (C=O) groups excluding carboxylic acids is 1. The van der Waals surface area contributed by atoms with Gasteiger partial charge >= 0.3 is 0 Å². The molecule has 0 saturated carbocycles. The largest absolute Gasteiger partial charge is 0.346 e. The Balaban J connectivity index is 2.64. The molecule has 0 atom stereocenters. The van der Waals surface area contributed by atoms with Crippen LogP contribution in [0.25, 0.3) is 0 Å². The van der Waals surface area contributed by atoms with Crippen LogP contribution in [-0.2, 0) is 9.47 Å². The molecule has 0 aliphatic carbocycles. The normalized spacial score (nSPS) is 10.8. The molecule has 3 heteroatoms. The Morgan fingerprint density at radius 1 is 1.06 bits per heavy atom. The Bertz CT molecular complexity index is 313. The summed E-state index contributed by atoms with van der Waals surface area (Å²) in [7, 11) is 0. The van der Waals surface area contributed by atoms with E-state index in [4.69, 9.17) is 9.47 Å². The minimum Gasteiger partial charge on any atom is -0.346 e. The van der Waals surface area contributed by atoms with Gasteiger partial charge in [0.05, 0.1) is 0 Å². The molecule has 0 heterocycles. The van der Waals surface area contributed by atoms with Gasteiger partial charge in [-0.3, -0.25) is 4.79 Å². The molecule has 17 heavy (non-hydrogen) atoms. The fraction of sp³-hybridized carbons (Fsp3) is 0.500. The number of Topliss-reactive ketones (excluding diaryl/α,β-unsaturated/α-hetero) is 1. The molecular formula is C14H20O3. The molecule has 0 aliphatic rings. The summed E-state index contributed by atoms with van der Waals surface area (Å²) in [6, 6.07) is 9.11. The first kappa shape index (κ1) is 13.9. The van der Waals surface area contributed by atoms with Crippen LogP contribution in [0.2, 0.25) is 0 Å². The van der Waals surface area contributed by atoms with Crippen LogP contribution in [0.4, 0.5) is 0 Å². The van der Waals surface area contributed by atoms with Gasteiger partial charge in [-0.05, 0) is 12.8 Å². The summed E-state index contributed by atoms with van der Waals surface area (Å²) < 4.78 is 10.9. The third kappa shape index (κ3) is 4.67. The lowest BCUT2D eigenvalue weighted by molar-refractivity contribution is -0.114. The van der Waals surface area contributed by atoms with Gasteiger partial charge in [-0.2, -0.15) is 0 Å². The van der Waals surface area contributed by atoms with Crippen LogP contribution in [0.15, 0.2) is 30.3 Å². The Morgan fingerprint density at radius 3 is 2.06 bits per heavy atom. The van der Waals surface area contributed by atoms with Crippen LogP contribution < -0.4 is 0 Å². The number of rotatable bonds is 8. The maximum absolute atomic E-state index is 12.1. The van der Waals surface area contributed by atoms with Gasteiger partial charge in [-0.15, -0.1) is 0 Å². The minimum atomic E-state index is -0.766. The maximum Gasteiger partial charge on any atom is 0.222 e. The van der Waals surface area contributed by atoms with E-state index < -0.39 is 6.29 Å². The average Bonchev–Trinajstić information content (AvgIpc) is 2.39. The smallest absolute Gasteiger partial charge is 0.222 e. The maximum atomic E-state index is 12.1. The molecule has 94 valence electrons. The van der Waals surface area contributed by atoms with Gasteiger partial charge in [-0.25, -0.2) is 0 Å². The van der Waals surface area contributed by atoms with Crippen LogP contribution in [0.1, 0.15) is 37.0 Å². The van der Waals surface area contributed by atoms with E-state index in [9.17, 15) is 4.79 Å². The molecule has 1 aromatic carbocycles. The predicted molar refractivity (Wildman–Crippen MR) is 67.0 cm³/mol. The molecule has 0 fully saturated rings. The summed E-state index contributed by atoms with van der Waals surface area (Å²) in [6.07, 6.45) is 0.972. The van der Waals surface area contributed by atoms with Crippen molar-refractivity contribution in [3.63, 3.8) is 0 Å². The van der Waals surface area contributed by atoms with Crippen LogP contribution in [0.3, 0.4) is 0 Å². The number of hydrogen-bond acceptors (Lipinski definition) is 3. The van der Waals surface area contributed by atoms with Gasteiger partial charge in [0.15, 0.2) is 0 Å². The van der Waals surface area contributed by atoms with Crippen molar-refractivity contribution in [2.24, 2.45) is 0 Å². The number of ketones is 1. The predicted octanol–water partition coefficient (Wildman–Crippen LogP) is 3.05. The van der Waals surface area contributed by atoms with E-state index in [2.05, 4.69) is 0 Å². The van der Waals surface area contributed by atoms with E-state index in [1.807, 2.05) is 32.0 Å². The van der Waals surface area contributed by atoms with Gasteiger partial charge in [0, 0.05) is 18.8 Å². The van der Waals surface area contributed by atoms with Crippen molar-refractivity contribution in [2.75, 3.05) is 13.2 Å². The lowest BCUT2D eigenvalue weighted by atomic mass is 10.1. The molecule has 0 unspecified atom stereocenters. The second-order valence-corrected chi connectivity index (χ2v) is 3.80. The minimum absolute atomic E-state index is 0.104. The average molecular weight is 236 g/mol. The van der Waals surface area contributed by atoms with Crippen LogP contribution in [-0.4, -0.2) is 25.3 Å². The molecule has 0 N–H and O–H groups in total. The first-order valence-corrected chi connectivity index (χ1v) is 6.12. The van der Waals surface area contributed by atoms with Crippen LogP contribution in [0, 0.1) is 0 Å². The molecule has 0 bridgehead atoms. The van der Waals surface area contributed by atoms with Crippen molar-refractivity contribution in [3.8, 4) is 0 Å². The topological polar surface area (TPSA) is 35.5 Å². The van der Waals surface area contributed by atoms with Gasteiger partial charge in [0.25, 0.3) is 0 Å². The molecule has 0 aromatic heterocycles. The first-order valence-electron chi connectivity index (χ1n) is 6.12. The van der Waals surface area contributed by atoms with E-state index in [0.717, 1.165) is 12.8 Å². The van der Waals surface area contributed by atoms with Crippen molar-refractivity contribution >= 4 is 5.78 Å². The summed E-state index contributed by atoms with van der Waals surface area (Å²) in [5, 5.41) is 0. The van der Waals surface area contributed by atoms with Crippen molar-refractivity contribution in [1.82, 2.24) is 0 Å². The number of benzene rings is 1. The van der Waals surface area contributed by atoms with Gasteiger partial charge < -0.3 is 9.47 Å². The summed E-state index contributed by atoms with van der Waals surface area (Å²) in [4.78, 5) is 12.1. The van der Waals surface area contributed by atoms with Crippen molar-refractivity contribution in [3.05, 3.63) is 35.9 Å². The Morgan fingerprint density at radius 2 is 1.59 bits per heavy atom. The monoisotopic (exact) mass is 236 g/mol. The van der Waals surface area contributed by atoms with Gasteiger partial charge in [0.2, 0.25) is 12.1 Å². The standard InChI is InChI=1S/C14H20O3/c1-3-10-16-14(17-11-4-2)13(15)12-8-6-5-7-9-12/h5-9,14H,3-4,10-11H2,1-2H3. The Kier molecular flexibility index (Phi) is 6.51. The number of hydrogen-bond donors (Lipinski definition) is 0. The molecule has 1 rings (SSSR count). The highest BCUT2D eigenvalue weighted by molar-refractivity contribution is 5.98. The summed E-state index contributed by atoms with van der Waals surface area (Å²) in [6.45, 7) is 5.08. The van der Waals surface area contributed by atoms with Gasteiger partial charge in [0.1, 0.15) is 0 Å². The zero-order valence-electron chi connectivity index (χ0n) is 10.5. The Labute approximate surface area is 103 Å². The zero-order chi connectivity index (χ0) is 12.5. The highest BCUT2D eigenvalue weighted by Crippen LogP contribution is 2.08. The molecule has 3 nitrogen and oxygen atoms in total. The highest BCUT2D eigenvalue weighted by atomic mass is 16.7. The van der Waals surface area contributed by atoms with E-state index in [0.29, 0.717) is 18.8 Å². The van der Waals surface area contributed by atoms with E-state index in [1.165, 1.54) is 0 Å². The molecular weight excluding hydrogens is 216 g/mol. The van der Waals surface area contributed by atoms with E-state index in [-0.39, 0.29) is 5.78 Å². The molecule has 1 aromatic rings. The fourth-order valence-electron chi connectivity index (χ4n) is 1.39. The van der Waals surface area contributed by atoms with E-state index >= 15 is 0 Å². The SMILES string of the molecule is CCCOC(OCCC)C(=O)c1ccccc1. The molecule has 0 amide bonds. The lowest BCUT2D eigenvalue weighted by Gasteiger charge is -2.16. The summed E-state index contributed by atoms with van der Waals surface area (Å²) in [5.41, 5.74) is 0.629. The first-order chi connectivity index (χ1) is 8.29. The Hall–Kier alpha value is -1.19. The van der Waals surface area contributed by atoms with Crippen molar-refractivity contribution < 1.29 is 14.3 Å². The highest BCUT2D eigenvalue weighted by Gasteiger charge is 2.20. The molecule has 0 aliphatic heterocycles.